The molecular weight excluding hydrogens is 330 g/mol. The molecule has 0 N–H and O–H groups in total. The molecular formula is C21H25NO4. The summed E-state index contributed by atoms with van der Waals surface area (Å²) in [6.07, 6.45) is -0.140. The van der Waals surface area contributed by atoms with Gasteiger partial charge in [-0.05, 0) is 30.3 Å². The highest BCUT2D eigenvalue weighted by Crippen LogP contribution is 2.42. The third kappa shape index (κ3) is 4.06. The second-order valence-corrected chi connectivity index (χ2v) is 6.57. The van der Waals surface area contributed by atoms with Gasteiger partial charge in [-0.2, -0.15) is 0 Å². The molecule has 0 aromatic heterocycles. The average molecular weight is 355 g/mol. The number of hydrogen-bond acceptors (Lipinski definition) is 5. The van der Waals surface area contributed by atoms with E-state index in [0.29, 0.717) is 13.3 Å². The Morgan fingerprint density at radius 1 is 1.12 bits per heavy atom. The van der Waals surface area contributed by atoms with Crippen LogP contribution < -0.4 is 4.74 Å². The van der Waals surface area contributed by atoms with Gasteiger partial charge >= 0.3 is 5.97 Å². The normalized spacial score (nSPS) is 23.4. The summed E-state index contributed by atoms with van der Waals surface area (Å²) in [4.78, 5) is 13.6. The average Bonchev–Trinajstić information content (AvgIpc) is 2.67. The van der Waals surface area contributed by atoms with Crippen LogP contribution in [0.1, 0.15) is 30.2 Å². The standard InChI is InChI=1S/C21H25NO4/c1-15(23)25-13-19-20(16-9-11-18(24-3)12-10-16)22(2)14-26-21(19)17-7-5-4-6-8-17/h4-12,19-21H,13-14H2,1-3H3. The smallest absolute Gasteiger partial charge is 0.302 e. The van der Waals surface area contributed by atoms with Gasteiger partial charge < -0.3 is 14.2 Å². The Labute approximate surface area is 154 Å². The molecule has 0 amide bonds. The summed E-state index contributed by atoms with van der Waals surface area (Å²) < 4.78 is 16.8. The Balaban J connectivity index is 1.95. The van der Waals surface area contributed by atoms with Crippen molar-refractivity contribution in [2.45, 2.75) is 19.1 Å². The predicted molar refractivity (Wildman–Crippen MR) is 98.8 cm³/mol. The Morgan fingerprint density at radius 2 is 1.81 bits per heavy atom. The molecule has 3 atom stereocenters. The van der Waals surface area contributed by atoms with Gasteiger partial charge in [-0.15, -0.1) is 0 Å². The van der Waals surface area contributed by atoms with Crippen molar-refractivity contribution in [3.63, 3.8) is 0 Å². The lowest BCUT2D eigenvalue weighted by Crippen LogP contribution is -2.43. The van der Waals surface area contributed by atoms with E-state index in [-0.39, 0.29) is 24.0 Å². The van der Waals surface area contributed by atoms with Crippen LogP contribution in [-0.2, 0) is 14.3 Å². The van der Waals surface area contributed by atoms with E-state index in [4.69, 9.17) is 14.2 Å². The zero-order valence-electron chi connectivity index (χ0n) is 15.4. The quantitative estimate of drug-likeness (QED) is 0.768. The molecule has 2 aromatic carbocycles. The van der Waals surface area contributed by atoms with Gasteiger partial charge in [0.05, 0.1) is 19.8 Å². The van der Waals surface area contributed by atoms with E-state index >= 15 is 0 Å². The number of carbonyl (C=O) groups is 1. The molecule has 1 heterocycles. The topological polar surface area (TPSA) is 48.0 Å². The van der Waals surface area contributed by atoms with Gasteiger partial charge in [-0.25, -0.2) is 0 Å². The van der Waals surface area contributed by atoms with Crippen LogP contribution in [0.3, 0.4) is 0 Å². The number of ether oxygens (including phenoxy) is 3. The molecule has 1 fully saturated rings. The maximum atomic E-state index is 11.4. The van der Waals surface area contributed by atoms with E-state index in [0.717, 1.165) is 16.9 Å². The molecule has 0 bridgehead atoms. The molecule has 0 spiro atoms. The molecule has 1 aliphatic rings. The van der Waals surface area contributed by atoms with E-state index in [1.807, 2.05) is 37.4 Å². The zero-order chi connectivity index (χ0) is 18.5. The third-order valence-electron chi connectivity index (χ3n) is 4.79. The van der Waals surface area contributed by atoms with Gasteiger partial charge in [0, 0.05) is 18.9 Å². The highest BCUT2D eigenvalue weighted by Gasteiger charge is 2.39. The highest BCUT2D eigenvalue weighted by molar-refractivity contribution is 5.65. The fourth-order valence-electron chi connectivity index (χ4n) is 3.58. The molecule has 3 unspecified atom stereocenters. The number of esters is 1. The lowest BCUT2D eigenvalue weighted by Gasteiger charge is -2.44. The van der Waals surface area contributed by atoms with E-state index in [9.17, 15) is 4.79 Å². The van der Waals surface area contributed by atoms with Crippen molar-refractivity contribution in [2.24, 2.45) is 5.92 Å². The molecule has 0 saturated carbocycles. The molecule has 0 aliphatic carbocycles. The van der Waals surface area contributed by atoms with E-state index in [1.165, 1.54) is 6.92 Å². The molecule has 26 heavy (non-hydrogen) atoms. The molecule has 1 aliphatic heterocycles. The molecule has 5 heteroatoms. The summed E-state index contributed by atoms with van der Waals surface area (Å²) in [6.45, 7) is 2.25. The minimum absolute atomic E-state index is 0.0200. The Hall–Kier alpha value is -2.37. The first-order valence-corrected chi connectivity index (χ1v) is 8.74. The van der Waals surface area contributed by atoms with Gasteiger partial charge in [0.1, 0.15) is 12.5 Å². The first-order chi connectivity index (χ1) is 12.6. The van der Waals surface area contributed by atoms with Gasteiger partial charge in [0.2, 0.25) is 0 Å². The van der Waals surface area contributed by atoms with Gasteiger partial charge in [0.25, 0.3) is 0 Å². The molecule has 1 saturated heterocycles. The largest absolute Gasteiger partial charge is 0.497 e. The lowest BCUT2D eigenvalue weighted by atomic mass is 9.84. The van der Waals surface area contributed by atoms with E-state index in [2.05, 4.69) is 29.2 Å². The van der Waals surface area contributed by atoms with Crippen molar-refractivity contribution >= 4 is 5.97 Å². The van der Waals surface area contributed by atoms with Crippen molar-refractivity contribution in [1.82, 2.24) is 4.90 Å². The second-order valence-electron chi connectivity index (χ2n) is 6.57. The Morgan fingerprint density at radius 3 is 2.42 bits per heavy atom. The number of methoxy groups -OCH3 is 1. The van der Waals surface area contributed by atoms with Crippen LogP contribution >= 0.6 is 0 Å². The lowest BCUT2D eigenvalue weighted by molar-refractivity contribution is -0.161. The van der Waals surface area contributed by atoms with Gasteiger partial charge in [-0.3, -0.25) is 9.69 Å². The van der Waals surface area contributed by atoms with Crippen molar-refractivity contribution in [1.29, 1.82) is 0 Å². The van der Waals surface area contributed by atoms with Crippen LogP contribution in [-0.4, -0.2) is 38.4 Å². The highest BCUT2D eigenvalue weighted by atomic mass is 16.5. The molecule has 0 radical (unpaired) electrons. The fraction of sp³-hybridized carbons (Fsp3) is 0.381. The number of hydrogen-bond donors (Lipinski definition) is 0. The van der Waals surface area contributed by atoms with Crippen molar-refractivity contribution in [2.75, 3.05) is 27.5 Å². The van der Waals surface area contributed by atoms with Crippen LogP contribution in [0.2, 0.25) is 0 Å². The summed E-state index contributed by atoms with van der Waals surface area (Å²) in [5.41, 5.74) is 2.24. The minimum Gasteiger partial charge on any atom is -0.497 e. The summed E-state index contributed by atoms with van der Waals surface area (Å²) in [5, 5.41) is 0. The first-order valence-electron chi connectivity index (χ1n) is 8.74. The molecule has 5 nitrogen and oxygen atoms in total. The Bertz CT molecular complexity index is 717. The maximum absolute atomic E-state index is 11.4. The van der Waals surface area contributed by atoms with E-state index in [1.54, 1.807) is 7.11 Å². The molecule has 2 aromatic rings. The zero-order valence-corrected chi connectivity index (χ0v) is 15.4. The summed E-state index contributed by atoms with van der Waals surface area (Å²) in [7, 11) is 3.68. The second kappa shape index (κ2) is 8.34. The number of nitrogens with zero attached hydrogens (tertiary/aromatic N) is 1. The SMILES string of the molecule is COc1ccc(C2C(COC(C)=O)C(c3ccccc3)OCN2C)cc1. The summed E-state index contributed by atoms with van der Waals surface area (Å²) in [6, 6.07) is 18.2. The van der Waals surface area contributed by atoms with Crippen LogP contribution in [0.15, 0.2) is 54.6 Å². The van der Waals surface area contributed by atoms with Crippen LogP contribution in [0.25, 0.3) is 0 Å². The van der Waals surface area contributed by atoms with E-state index < -0.39 is 0 Å². The number of carbonyl (C=O) groups excluding carboxylic acids is 1. The third-order valence-corrected chi connectivity index (χ3v) is 4.79. The van der Waals surface area contributed by atoms with Gasteiger partial charge in [-0.1, -0.05) is 42.5 Å². The van der Waals surface area contributed by atoms with Crippen molar-refractivity contribution < 1.29 is 19.0 Å². The molecule has 138 valence electrons. The minimum atomic E-state index is -0.279. The fourth-order valence-corrected chi connectivity index (χ4v) is 3.58. The predicted octanol–water partition coefficient (Wildman–Crippen LogP) is 3.58. The maximum Gasteiger partial charge on any atom is 0.302 e. The summed E-state index contributed by atoms with van der Waals surface area (Å²) in [5.74, 6) is 0.520. The first kappa shape index (κ1) is 18.4. The van der Waals surface area contributed by atoms with Crippen LogP contribution in [0, 0.1) is 5.92 Å². The monoisotopic (exact) mass is 355 g/mol. The van der Waals surface area contributed by atoms with Crippen molar-refractivity contribution in [3.05, 3.63) is 65.7 Å². The summed E-state index contributed by atoms with van der Waals surface area (Å²) >= 11 is 0. The van der Waals surface area contributed by atoms with Crippen LogP contribution in [0.4, 0.5) is 0 Å². The molecule has 3 rings (SSSR count). The van der Waals surface area contributed by atoms with Crippen LogP contribution in [0.5, 0.6) is 5.75 Å². The number of benzene rings is 2. The van der Waals surface area contributed by atoms with Gasteiger partial charge in [0.15, 0.2) is 0 Å². The van der Waals surface area contributed by atoms with Crippen molar-refractivity contribution in [3.8, 4) is 5.75 Å². The Kier molecular flexibility index (Phi) is 5.91. The number of rotatable bonds is 5.